The molecule has 20 atom stereocenters. The summed E-state index contributed by atoms with van der Waals surface area (Å²) in [6.45, 7) is -3.61. The van der Waals surface area contributed by atoms with Crippen LogP contribution in [0, 0.1) is 11.8 Å². The maximum absolute atomic E-state index is 11.5. The largest absolute Gasteiger partial charge is 0.396 e. The standard InChI is InChI=1S/C33H57N3O21/c34-36-35-14-1-3-15(4-2-14)52-31-26(49)27(21(44)17(9-40)54-31)55-32-28(23(46)19(42)13(8-39)11-51-32)57-33-29(24(47)20(43)16(53-33)5-6-37)56-30-25(48)22(45)18(41)12(7-38)10-50-30/h12-33,37-49H,1-11H2/t12?,13?,14?,15?,16?,17?,18-,19-,20-,21-,22?,23?,24?,25?,26?,27?,28?,29?,30-,31-,32-,33-/m1/s1. The zero-order valence-corrected chi connectivity index (χ0v) is 30.9. The molecule has 4 aliphatic heterocycles. The molecular weight excluding hydrogens is 774 g/mol. The molecule has 5 aliphatic rings. The van der Waals surface area contributed by atoms with Crippen molar-refractivity contribution in [3.05, 3.63) is 10.4 Å². The third-order valence-corrected chi connectivity index (χ3v) is 11.3. The molecule has 330 valence electrons. The van der Waals surface area contributed by atoms with E-state index in [1.807, 2.05) is 0 Å². The van der Waals surface area contributed by atoms with Crippen molar-refractivity contribution < 1.29 is 104 Å². The van der Waals surface area contributed by atoms with E-state index in [0.717, 1.165) is 0 Å². The summed E-state index contributed by atoms with van der Waals surface area (Å²) in [4.78, 5) is 2.83. The first-order valence-electron chi connectivity index (χ1n) is 19.0. The van der Waals surface area contributed by atoms with Gasteiger partial charge in [0.05, 0.1) is 57.5 Å². The Kier molecular flexibility index (Phi) is 17.4. The minimum atomic E-state index is -2.03. The number of ether oxygens (including phenoxy) is 8. The van der Waals surface area contributed by atoms with Crippen LogP contribution in [0.5, 0.6) is 0 Å². The molecule has 5 rings (SSSR count). The smallest absolute Gasteiger partial charge is 0.187 e. The van der Waals surface area contributed by atoms with E-state index in [9.17, 15) is 66.4 Å². The Balaban J connectivity index is 1.42. The molecule has 1 aliphatic carbocycles. The van der Waals surface area contributed by atoms with Crippen LogP contribution in [-0.4, -0.2) is 229 Å². The van der Waals surface area contributed by atoms with Crippen LogP contribution in [0.15, 0.2) is 5.11 Å². The lowest BCUT2D eigenvalue weighted by molar-refractivity contribution is -0.378. The molecular formula is C33H57N3O21. The van der Waals surface area contributed by atoms with Crippen LogP contribution >= 0.6 is 0 Å². The minimum absolute atomic E-state index is 0.242. The molecule has 1 saturated carbocycles. The van der Waals surface area contributed by atoms with E-state index in [2.05, 4.69) is 10.0 Å². The Labute approximate surface area is 326 Å². The van der Waals surface area contributed by atoms with Crippen LogP contribution < -0.4 is 0 Å². The summed E-state index contributed by atoms with van der Waals surface area (Å²) in [7, 11) is 0. The number of nitrogens with zero attached hydrogens (tertiary/aromatic N) is 3. The summed E-state index contributed by atoms with van der Waals surface area (Å²) in [5, 5.41) is 142. The van der Waals surface area contributed by atoms with Crippen molar-refractivity contribution >= 4 is 0 Å². The molecule has 13 N–H and O–H groups in total. The maximum Gasteiger partial charge on any atom is 0.187 e. The van der Waals surface area contributed by atoms with E-state index in [1.165, 1.54) is 0 Å². The van der Waals surface area contributed by atoms with Gasteiger partial charge in [0.15, 0.2) is 25.2 Å². The van der Waals surface area contributed by atoms with Crippen molar-refractivity contribution in [2.24, 2.45) is 17.0 Å². The number of rotatable bonds is 14. The van der Waals surface area contributed by atoms with Crippen molar-refractivity contribution in [2.45, 2.75) is 155 Å². The first-order valence-corrected chi connectivity index (χ1v) is 19.0. The Morgan fingerprint density at radius 2 is 1.05 bits per heavy atom. The van der Waals surface area contributed by atoms with Crippen molar-refractivity contribution in [3.63, 3.8) is 0 Å². The summed E-state index contributed by atoms with van der Waals surface area (Å²) in [5.41, 5.74) is 8.77. The normalized spacial score (nSPS) is 48.7. The predicted octanol–water partition coefficient (Wildman–Crippen LogP) is -6.22. The molecule has 0 aromatic heterocycles. The number of aliphatic hydroxyl groups excluding tert-OH is 13. The van der Waals surface area contributed by atoms with E-state index >= 15 is 0 Å². The molecule has 0 amide bonds. The summed E-state index contributed by atoms with van der Waals surface area (Å²) < 4.78 is 46.9. The minimum Gasteiger partial charge on any atom is -0.396 e. The molecule has 0 aromatic carbocycles. The van der Waals surface area contributed by atoms with Gasteiger partial charge in [0.2, 0.25) is 0 Å². The lowest BCUT2D eigenvalue weighted by Crippen LogP contribution is -2.64. The van der Waals surface area contributed by atoms with Crippen LogP contribution in [0.3, 0.4) is 0 Å². The van der Waals surface area contributed by atoms with Crippen LogP contribution in [0.25, 0.3) is 10.4 Å². The number of aliphatic hydroxyl groups is 13. The van der Waals surface area contributed by atoms with Crippen molar-refractivity contribution in [3.8, 4) is 0 Å². The van der Waals surface area contributed by atoms with Gasteiger partial charge in [0.25, 0.3) is 0 Å². The zero-order valence-electron chi connectivity index (χ0n) is 30.9. The van der Waals surface area contributed by atoms with E-state index in [0.29, 0.717) is 25.7 Å². The molecule has 0 bridgehead atoms. The van der Waals surface area contributed by atoms with Gasteiger partial charge in [-0.15, -0.1) is 0 Å². The Morgan fingerprint density at radius 3 is 1.65 bits per heavy atom. The van der Waals surface area contributed by atoms with Crippen molar-refractivity contribution in [1.82, 2.24) is 0 Å². The second-order valence-corrected chi connectivity index (χ2v) is 15.1. The average molecular weight is 832 g/mol. The molecule has 0 spiro atoms. The van der Waals surface area contributed by atoms with Gasteiger partial charge in [0.1, 0.15) is 67.1 Å². The average Bonchev–Trinajstić information content (AvgIpc) is 3.38. The second-order valence-electron chi connectivity index (χ2n) is 15.1. The van der Waals surface area contributed by atoms with Crippen LogP contribution in [0.4, 0.5) is 0 Å². The zero-order chi connectivity index (χ0) is 41.6. The maximum atomic E-state index is 11.5. The van der Waals surface area contributed by atoms with E-state index < -0.39 is 168 Å². The fraction of sp³-hybridized carbons (Fsp3) is 1.00. The van der Waals surface area contributed by atoms with Crippen LogP contribution in [-0.2, 0) is 37.9 Å². The highest BCUT2D eigenvalue weighted by atomic mass is 16.8. The fourth-order valence-corrected chi connectivity index (χ4v) is 7.68. The summed E-state index contributed by atoms with van der Waals surface area (Å²) >= 11 is 0. The van der Waals surface area contributed by atoms with Crippen LogP contribution in [0.1, 0.15) is 32.1 Å². The summed E-state index contributed by atoms with van der Waals surface area (Å²) in [6, 6.07) is -0.242. The molecule has 24 heteroatoms. The molecule has 12 unspecified atom stereocenters. The van der Waals surface area contributed by atoms with Gasteiger partial charge in [-0.3, -0.25) is 0 Å². The van der Waals surface area contributed by atoms with Crippen LogP contribution in [0.2, 0.25) is 0 Å². The summed E-state index contributed by atoms with van der Waals surface area (Å²) in [5.74, 6) is -2.22. The highest BCUT2D eigenvalue weighted by Gasteiger charge is 2.54. The SMILES string of the molecule is [N-]=[N+]=NC1CCC(O[C@@H]2OC(CO)[C@@H](O)C(O[C@H]3OCC(CO)[C@@H](O)C(O)C3O[C@H]3OC(CCO)[C@@H](O)C(O)C3O[C@H]3OCC(CO)[C@@H](O)C(O)C3O)C2O)CC1. The third kappa shape index (κ3) is 10.7. The predicted molar refractivity (Wildman–Crippen MR) is 182 cm³/mol. The molecule has 57 heavy (non-hydrogen) atoms. The Morgan fingerprint density at radius 1 is 0.509 bits per heavy atom. The van der Waals surface area contributed by atoms with Gasteiger partial charge in [-0.05, 0) is 37.6 Å². The molecule has 0 radical (unpaired) electrons. The number of hydrogen-bond donors (Lipinski definition) is 13. The van der Waals surface area contributed by atoms with Gasteiger partial charge in [-0.1, -0.05) is 5.11 Å². The lowest BCUT2D eigenvalue weighted by Gasteiger charge is -2.47. The van der Waals surface area contributed by atoms with Gasteiger partial charge in [-0.2, -0.15) is 0 Å². The quantitative estimate of drug-likeness (QED) is 0.0440. The van der Waals surface area contributed by atoms with Gasteiger partial charge in [-0.25, -0.2) is 0 Å². The second kappa shape index (κ2) is 21.3. The molecule has 0 aromatic rings. The monoisotopic (exact) mass is 831 g/mol. The Bertz CT molecular complexity index is 1270. The molecule has 5 fully saturated rings. The number of hydrogen-bond acceptors (Lipinski definition) is 22. The molecule has 4 heterocycles. The number of azide groups is 1. The highest BCUT2D eigenvalue weighted by Crippen LogP contribution is 2.36. The van der Waals surface area contributed by atoms with Gasteiger partial charge >= 0.3 is 0 Å². The molecule has 4 saturated heterocycles. The lowest BCUT2D eigenvalue weighted by atomic mass is 9.93. The van der Waals surface area contributed by atoms with Crippen molar-refractivity contribution in [1.29, 1.82) is 0 Å². The molecule has 24 nitrogen and oxygen atoms in total. The van der Waals surface area contributed by atoms with E-state index in [1.54, 1.807) is 0 Å². The third-order valence-electron chi connectivity index (χ3n) is 11.3. The Hall–Kier alpha value is -1.53. The summed E-state index contributed by atoms with van der Waals surface area (Å²) in [6.07, 6.45) is -31.0. The van der Waals surface area contributed by atoms with E-state index in [4.69, 9.17) is 43.4 Å². The first-order chi connectivity index (χ1) is 27.3. The highest BCUT2D eigenvalue weighted by molar-refractivity contribution is 4.97. The van der Waals surface area contributed by atoms with Gasteiger partial charge < -0.3 is 104 Å². The topological polar surface area (TPSA) is 386 Å². The van der Waals surface area contributed by atoms with Gasteiger partial charge in [0, 0.05) is 29.4 Å². The first kappa shape index (κ1) is 46.5. The van der Waals surface area contributed by atoms with E-state index in [-0.39, 0.29) is 12.5 Å². The fourth-order valence-electron chi connectivity index (χ4n) is 7.68. The van der Waals surface area contributed by atoms with Crippen molar-refractivity contribution in [2.75, 3.05) is 39.6 Å².